The van der Waals surface area contributed by atoms with Crippen LogP contribution in [0.1, 0.15) is 159 Å². The smallest absolute Gasteiger partial charge is 0.0126 e. The van der Waals surface area contributed by atoms with Gasteiger partial charge in [-0.3, -0.25) is 0 Å². The van der Waals surface area contributed by atoms with Crippen molar-refractivity contribution >= 4 is 0 Å². The van der Waals surface area contributed by atoms with Crippen molar-refractivity contribution in [2.24, 2.45) is 39.7 Å². The third-order valence-electron chi connectivity index (χ3n) is 10.4. The van der Waals surface area contributed by atoms with Crippen LogP contribution in [0.4, 0.5) is 0 Å². The predicted octanol–water partition coefficient (Wildman–Crippen LogP) is 10.2. The molecule has 0 bridgehead atoms. The number of hydrogen-bond donors (Lipinski definition) is 1. The second kappa shape index (κ2) is 12.6. The molecule has 1 heteroatoms. The third kappa shape index (κ3) is 5.95. The molecule has 3 aliphatic carbocycles. The molecule has 3 rings (SSSR count). The van der Waals surface area contributed by atoms with E-state index in [1.165, 1.54) is 89.9 Å². The van der Waals surface area contributed by atoms with Crippen molar-refractivity contribution in [3.63, 3.8) is 0 Å². The van der Waals surface area contributed by atoms with E-state index < -0.39 is 0 Å². The van der Waals surface area contributed by atoms with Gasteiger partial charge in [0.05, 0.1) is 0 Å². The van der Waals surface area contributed by atoms with Crippen LogP contribution in [0.15, 0.2) is 0 Å². The number of fused-ring (bicyclic) bond motifs is 3. The van der Waals surface area contributed by atoms with Crippen LogP contribution in [-0.2, 0) is 0 Å². The molecular formula is C31H63N. The summed E-state index contributed by atoms with van der Waals surface area (Å²) < 4.78 is 0. The molecule has 3 saturated carbocycles. The Morgan fingerprint density at radius 2 is 1.34 bits per heavy atom. The summed E-state index contributed by atoms with van der Waals surface area (Å²) in [7, 11) is 0. The van der Waals surface area contributed by atoms with Gasteiger partial charge in [-0.1, -0.05) is 94.4 Å². The number of hydrogen-bond acceptors (Lipinski definition) is 1. The maximum atomic E-state index is 6.73. The van der Waals surface area contributed by atoms with Crippen LogP contribution in [0.25, 0.3) is 0 Å². The fraction of sp³-hybridized carbons (Fsp3) is 1.00. The van der Waals surface area contributed by atoms with Gasteiger partial charge in [0.1, 0.15) is 0 Å². The maximum Gasteiger partial charge on any atom is 0.0126 e. The minimum absolute atomic E-state index is 0.0419. The van der Waals surface area contributed by atoms with E-state index in [1.54, 1.807) is 0 Å². The highest BCUT2D eigenvalue weighted by atomic mass is 14.7. The summed E-state index contributed by atoms with van der Waals surface area (Å²) in [5.74, 6) is 2.92. The molecule has 192 valence electrons. The second-order valence-electron chi connectivity index (χ2n) is 12.5. The second-order valence-corrected chi connectivity index (χ2v) is 12.5. The van der Waals surface area contributed by atoms with E-state index in [1.807, 2.05) is 27.7 Å². The van der Waals surface area contributed by atoms with Crippen molar-refractivity contribution in [3.05, 3.63) is 0 Å². The molecule has 32 heavy (non-hydrogen) atoms. The van der Waals surface area contributed by atoms with Gasteiger partial charge in [0, 0.05) is 5.54 Å². The molecule has 0 aliphatic heterocycles. The van der Waals surface area contributed by atoms with E-state index in [4.69, 9.17) is 5.73 Å². The maximum absolute atomic E-state index is 6.73. The van der Waals surface area contributed by atoms with Crippen LogP contribution in [-0.4, -0.2) is 5.54 Å². The molecular weight excluding hydrogens is 386 g/mol. The van der Waals surface area contributed by atoms with E-state index in [2.05, 4.69) is 41.5 Å². The Kier molecular flexibility index (Phi) is 11.8. The SMILES string of the molecule is CC.CC.CCCC1CCC2C3CCCCC(C)(N)CCC(C)(C)[C@@]3(CCC)CCC12C. The van der Waals surface area contributed by atoms with E-state index in [0.717, 1.165) is 17.8 Å². The van der Waals surface area contributed by atoms with Crippen LogP contribution in [0, 0.1) is 34.0 Å². The molecule has 0 heterocycles. The summed E-state index contributed by atoms with van der Waals surface area (Å²) in [6, 6.07) is 0. The van der Waals surface area contributed by atoms with Gasteiger partial charge < -0.3 is 5.73 Å². The van der Waals surface area contributed by atoms with Crippen molar-refractivity contribution in [2.45, 2.75) is 165 Å². The average Bonchev–Trinajstić information content (AvgIpc) is 3.10. The fourth-order valence-corrected chi connectivity index (χ4v) is 8.56. The zero-order valence-electron chi connectivity index (χ0n) is 24.2. The molecule has 1 nitrogen and oxygen atoms in total. The van der Waals surface area contributed by atoms with Crippen LogP contribution >= 0.6 is 0 Å². The lowest BCUT2D eigenvalue weighted by molar-refractivity contribution is -0.128. The monoisotopic (exact) mass is 449 g/mol. The summed E-state index contributed by atoms with van der Waals surface area (Å²) >= 11 is 0. The summed E-state index contributed by atoms with van der Waals surface area (Å²) in [5, 5.41) is 0. The molecule has 0 saturated heterocycles. The zero-order valence-corrected chi connectivity index (χ0v) is 24.2. The largest absolute Gasteiger partial charge is 0.325 e. The topological polar surface area (TPSA) is 26.0 Å². The van der Waals surface area contributed by atoms with E-state index in [9.17, 15) is 0 Å². The molecule has 0 aromatic heterocycles. The van der Waals surface area contributed by atoms with Crippen LogP contribution in [0.5, 0.6) is 0 Å². The van der Waals surface area contributed by atoms with E-state index in [-0.39, 0.29) is 5.54 Å². The highest BCUT2D eigenvalue weighted by Crippen LogP contribution is 2.69. The Morgan fingerprint density at radius 3 is 1.94 bits per heavy atom. The molecule has 0 amide bonds. The van der Waals surface area contributed by atoms with Crippen molar-refractivity contribution in [1.29, 1.82) is 0 Å². The first kappa shape index (κ1) is 30.0. The van der Waals surface area contributed by atoms with Gasteiger partial charge in [-0.15, -0.1) is 0 Å². The average molecular weight is 450 g/mol. The molecule has 0 spiro atoms. The highest BCUT2D eigenvalue weighted by molar-refractivity contribution is 5.10. The van der Waals surface area contributed by atoms with Gasteiger partial charge in [0.15, 0.2) is 0 Å². The highest BCUT2D eigenvalue weighted by Gasteiger charge is 2.61. The first-order valence-electron chi connectivity index (χ1n) is 14.9. The van der Waals surface area contributed by atoms with Crippen molar-refractivity contribution < 1.29 is 0 Å². The molecule has 5 unspecified atom stereocenters. The minimum Gasteiger partial charge on any atom is -0.325 e. The zero-order chi connectivity index (χ0) is 24.6. The summed E-state index contributed by atoms with van der Waals surface area (Å²) in [6.07, 6.45) is 19.6. The third-order valence-corrected chi connectivity index (χ3v) is 10.4. The Bertz CT molecular complexity index is 521. The van der Waals surface area contributed by atoms with Crippen LogP contribution in [0.2, 0.25) is 0 Å². The van der Waals surface area contributed by atoms with Gasteiger partial charge in [0.2, 0.25) is 0 Å². The molecule has 0 aromatic carbocycles. The Hall–Kier alpha value is -0.0400. The lowest BCUT2D eigenvalue weighted by Crippen LogP contribution is -2.55. The quantitative estimate of drug-likeness (QED) is 0.453. The summed E-state index contributed by atoms with van der Waals surface area (Å²) in [5.41, 5.74) is 8.35. The molecule has 0 radical (unpaired) electrons. The number of nitrogens with two attached hydrogens (primary N) is 1. The van der Waals surface area contributed by atoms with Crippen molar-refractivity contribution in [1.82, 2.24) is 0 Å². The van der Waals surface area contributed by atoms with E-state index >= 15 is 0 Å². The predicted molar refractivity (Wildman–Crippen MR) is 146 cm³/mol. The van der Waals surface area contributed by atoms with Gasteiger partial charge in [-0.05, 0) is 98.7 Å². The van der Waals surface area contributed by atoms with Crippen LogP contribution in [0.3, 0.4) is 0 Å². The molecule has 6 atom stereocenters. The Balaban J connectivity index is 0.00000121. The Morgan fingerprint density at radius 1 is 0.688 bits per heavy atom. The molecule has 2 N–H and O–H groups in total. The minimum atomic E-state index is 0.0419. The van der Waals surface area contributed by atoms with E-state index in [0.29, 0.717) is 16.2 Å². The first-order valence-corrected chi connectivity index (χ1v) is 14.9. The van der Waals surface area contributed by atoms with Crippen molar-refractivity contribution in [3.8, 4) is 0 Å². The van der Waals surface area contributed by atoms with Gasteiger partial charge in [-0.2, -0.15) is 0 Å². The Labute approximate surface area is 204 Å². The molecule has 3 fully saturated rings. The number of rotatable bonds is 4. The lowest BCUT2D eigenvalue weighted by atomic mass is 9.43. The van der Waals surface area contributed by atoms with Gasteiger partial charge in [0.25, 0.3) is 0 Å². The van der Waals surface area contributed by atoms with Gasteiger partial charge >= 0.3 is 0 Å². The molecule has 3 aliphatic rings. The first-order chi connectivity index (χ1) is 15.1. The summed E-state index contributed by atoms with van der Waals surface area (Å²) in [4.78, 5) is 0. The normalized spacial score (nSPS) is 41.2. The standard InChI is InChI=1S/C27H51N.2C2H6/c1-7-11-21-13-14-22-23-12-9-10-16-25(5,28)18-17-24(3,4)27(23,15-8-2)20-19-26(21,22)6;2*1-2/h21-23H,7-20,28H2,1-6H3;2*1-2H3/t21?,22?,23?,25?,26?,27-;;/m0../s1. The fourth-order valence-electron chi connectivity index (χ4n) is 8.56. The van der Waals surface area contributed by atoms with Gasteiger partial charge in [-0.25, -0.2) is 0 Å². The lowest BCUT2D eigenvalue weighted by Gasteiger charge is -2.62. The summed E-state index contributed by atoms with van der Waals surface area (Å²) in [6.45, 7) is 23.1. The molecule has 0 aromatic rings. The van der Waals surface area contributed by atoms with Crippen molar-refractivity contribution in [2.75, 3.05) is 0 Å². The van der Waals surface area contributed by atoms with Crippen LogP contribution < -0.4 is 5.73 Å².